The van der Waals surface area contributed by atoms with Crippen molar-refractivity contribution in [3.05, 3.63) is 95.1 Å². The number of benzene rings is 4. The summed E-state index contributed by atoms with van der Waals surface area (Å²) in [4.78, 5) is -0.261. The van der Waals surface area contributed by atoms with Crippen LogP contribution in [0.5, 0.6) is 5.75 Å². The van der Waals surface area contributed by atoms with Crippen molar-refractivity contribution in [2.24, 2.45) is 0 Å². The van der Waals surface area contributed by atoms with Crippen LogP contribution < -0.4 is 15.8 Å². The molecule has 0 atom stereocenters. The number of hydrogen-bond acceptors (Lipinski definition) is 5. The van der Waals surface area contributed by atoms with Gasteiger partial charge in [0, 0.05) is 5.30 Å². The van der Waals surface area contributed by atoms with Crippen molar-refractivity contribution in [3.8, 4) is 28.0 Å². The average Bonchev–Trinajstić information content (AvgIpc) is 2.99. The number of rotatable bonds is 8. The molecule has 52 heavy (non-hydrogen) atoms. The fourth-order valence-electron chi connectivity index (χ4n) is 6.89. The van der Waals surface area contributed by atoms with E-state index in [0.717, 1.165) is 38.8 Å². The van der Waals surface area contributed by atoms with Crippen LogP contribution >= 0.6 is 7.92 Å². The smallest absolute Gasteiger partial charge is 0.744 e. The first-order chi connectivity index (χ1) is 23.0. The van der Waals surface area contributed by atoms with Gasteiger partial charge in [0.1, 0.15) is 15.9 Å². The number of anilines is 1. The van der Waals surface area contributed by atoms with E-state index < -0.39 is 18.0 Å². The number of nitrogens with two attached hydrogens (primary N) is 1. The van der Waals surface area contributed by atoms with Crippen LogP contribution in [0.4, 0.5) is 5.69 Å². The van der Waals surface area contributed by atoms with E-state index in [1.165, 1.54) is 29.9 Å². The van der Waals surface area contributed by atoms with Crippen molar-refractivity contribution in [2.75, 3.05) is 12.8 Å². The van der Waals surface area contributed by atoms with Crippen LogP contribution in [0.25, 0.3) is 22.3 Å². The molecule has 0 aliphatic heterocycles. The summed E-state index contributed by atoms with van der Waals surface area (Å²) in [6, 6.07) is 25.0. The molecule has 0 radical (unpaired) electrons. The van der Waals surface area contributed by atoms with Gasteiger partial charge in [0.05, 0.1) is 12.0 Å². The predicted octanol–water partition coefficient (Wildman–Crippen LogP) is 12.0. The molecule has 8 heteroatoms. The van der Waals surface area contributed by atoms with E-state index in [-0.39, 0.29) is 60.6 Å². The van der Waals surface area contributed by atoms with Gasteiger partial charge in [-0.25, -0.2) is 8.42 Å². The summed E-state index contributed by atoms with van der Waals surface area (Å²) >= 11 is 0. The van der Waals surface area contributed by atoms with Crippen molar-refractivity contribution in [1.29, 1.82) is 0 Å². The molecule has 0 fully saturated rings. The van der Waals surface area contributed by atoms with Crippen LogP contribution in [0.1, 0.15) is 131 Å². The molecular weight excluding hydrogens is 776 g/mol. The van der Waals surface area contributed by atoms with Gasteiger partial charge in [-0.05, 0) is 86.2 Å². The summed E-state index contributed by atoms with van der Waals surface area (Å²) in [5.41, 5.74) is 15.5. The maximum Gasteiger partial charge on any atom is 2.00 e. The number of para-hydroxylation sites is 1. The summed E-state index contributed by atoms with van der Waals surface area (Å²) < 4.78 is 43.5. The minimum atomic E-state index is -4.75. The average molecular weight is 838 g/mol. The third-order valence-corrected chi connectivity index (χ3v) is 13.2. The SMILES string of the molecule is C.COc1c(S(=O)(=O)[O-])cc(C)c(-c2c(C(C)C)cc(C(C)C)cc2C(C)C)c1P(C(C)(C)C)C(C)(C)C.Nc1ccccc1-c1[c-]cccc1.[Pd+2]. The third kappa shape index (κ3) is 11.0. The Labute approximate surface area is 331 Å². The molecule has 0 bridgehead atoms. The standard InChI is InChI=1S/C31H49O4PS.C12H10N.CH4.Pd/c1-18(2)22-16-23(19(3)4)27(24(17-22)20(5)6)26-21(7)15-25(37(32,33)34)28(35-14)29(26)36(30(8,9)10)31(11,12)13;13-12-9-5-4-8-11(12)10-6-2-1-3-7-10;;/h15-20H,1-14H3,(H,32,33,34);1-6,8-9H,13H2;1H4;/q;-1;;+2/p-1. The van der Waals surface area contributed by atoms with E-state index in [2.05, 4.69) is 101 Å². The third-order valence-electron chi connectivity index (χ3n) is 8.80. The molecule has 0 amide bonds. The van der Waals surface area contributed by atoms with E-state index in [9.17, 15) is 13.0 Å². The Bertz CT molecular complexity index is 1850. The largest absolute Gasteiger partial charge is 2.00 e. The zero-order valence-electron chi connectivity index (χ0n) is 33.0. The molecule has 4 rings (SSSR count). The zero-order valence-corrected chi connectivity index (χ0v) is 36.2. The Kier molecular flexibility index (Phi) is 17.1. The van der Waals surface area contributed by atoms with E-state index >= 15 is 0 Å². The number of hydrogen-bond donors (Lipinski definition) is 1. The molecule has 0 saturated heterocycles. The van der Waals surface area contributed by atoms with Crippen LogP contribution in [0.3, 0.4) is 0 Å². The van der Waals surface area contributed by atoms with Crippen LogP contribution in [-0.2, 0) is 30.5 Å². The van der Waals surface area contributed by atoms with Crippen molar-refractivity contribution < 1.29 is 38.1 Å². The van der Waals surface area contributed by atoms with Crippen LogP contribution in [0, 0.1) is 13.0 Å². The van der Waals surface area contributed by atoms with Gasteiger partial charge >= 0.3 is 20.4 Å². The number of methoxy groups -OCH3 is 1. The topological polar surface area (TPSA) is 92.5 Å². The fraction of sp³-hybridized carbons (Fsp3) is 0.455. The molecule has 5 nitrogen and oxygen atoms in total. The molecule has 288 valence electrons. The first-order valence-corrected chi connectivity index (χ1v) is 20.2. The molecule has 0 aliphatic carbocycles. The minimum Gasteiger partial charge on any atom is -0.744 e. The van der Waals surface area contributed by atoms with Gasteiger partial charge in [0.2, 0.25) is 0 Å². The number of ether oxygens (including phenoxy) is 1. The maximum absolute atomic E-state index is 12.5. The first-order valence-electron chi connectivity index (χ1n) is 17.5. The Morgan fingerprint density at radius 2 is 1.29 bits per heavy atom. The Balaban J connectivity index is 0.000000752. The van der Waals surface area contributed by atoms with Crippen molar-refractivity contribution in [1.82, 2.24) is 0 Å². The molecule has 4 aromatic carbocycles. The Morgan fingerprint density at radius 1 is 0.788 bits per heavy atom. The second-order valence-corrected chi connectivity index (χ2v) is 21.1. The maximum atomic E-state index is 12.5. The molecule has 2 N–H and O–H groups in total. The monoisotopic (exact) mass is 837 g/mol. The molecular formula is C44H62NO4PPdS. The normalized spacial score (nSPS) is 12.0. The summed E-state index contributed by atoms with van der Waals surface area (Å²) in [6.45, 7) is 28.5. The molecule has 0 saturated carbocycles. The molecule has 0 heterocycles. The summed E-state index contributed by atoms with van der Waals surface area (Å²) in [5, 5.41) is 0.524. The fourth-order valence-corrected chi connectivity index (χ4v) is 12.0. The summed E-state index contributed by atoms with van der Waals surface area (Å²) in [6.07, 6.45) is 0. The molecule has 0 aliphatic rings. The van der Waals surface area contributed by atoms with Crippen LogP contribution in [0.2, 0.25) is 0 Å². The van der Waals surface area contributed by atoms with E-state index in [4.69, 9.17) is 10.5 Å². The quantitative estimate of drug-likeness (QED) is 0.0627. The summed E-state index contributed by atoms with van der Waals surface area (Å²) in [5.74, 6) is 1.10. The van der Waals surface area contributed by atoms with Gasteiger partial charge in [-0.1, -0.05) is 134 Å². The Hall–Kier alpha value is -2.52. The number of nitrogen functional groups attached to an aromatic ring is 1. The number of aryl methyl sites for hydroxylation is 1. The van der Waals surface area contributed by atoms with Gasteiger partial charge in [-0.15, -0.1) is 35.9 Å². The van der Waals surface area contributed by atoms with Crippen LogP contribution in [-0.4, -0.2) is 30.4 Å². The minimum absolute atomic E-state index is 0. The first kappa shape index (κ1) is 47.5. The molecule has 0 unspecified atom stereocenters. The van der Waals surface area contributed by atoms with Gasteiger partial charge in [-0.2, -0.15) is 0 Å². The van der Waals surface area contributed by atoms with E-state index in [1.54, 1.807) is 0 Å². The molecule has 0 aromatic heterocycles. The van der Waals surface area contributed by atoms with E-state index in [0.29, 0.717) is 5.92 Å². The van der Waals surface area contributed by atoms with Crippen molar-refractivity contribution in [3.63, 3.8) is 0 Å². The van der Waals surface area contributed by atoms with Crippen molar-refractivity contribution in [2.45, 2.75) is 130 Å². The van der Waals surface area contributed by atoms with Crippen molar-refractivity contribution >= 4 is 29.0 Å². The second-order valence-electron chi connectivity index (χ2n) is 16.0. The Morgan fingerprint density at radius 3 is 1.67 bits per heavy atom. The van der Waals surface area contributed by atoms with Gasteiger partial charge < -0.3 is 15.0 Å². The van der Waals surface area contributed by atoms with E-state index in [1.807, 2.05) is 55.5 Å². The zero-order chi connectivity index (χ0) is 37.9. The summed E-state index contributed by atoms with van der Waals surface area (Å²) in [7, 11) is -4.26. The second kappa shape index (κ2) is 18.7. The molecule has 4 aromatic rings. The molecule has 0 spiro atoms. The predicted molar refractivity (Wildman–Crippen MR) is 221 cm³/mol. The van der Waals surface area contributed by atoms with Gasteiger partial charge in [0.25, 0.3) is 0 Å². The van der Waals surface area contributed by atoms with Crippen LogP contribution in [0.15, 0.2) is 71.6 Å². The van der Waals surface area contributed by atoms with Gasteiger partial charge in [0.15, 0.2) is 0 Å². The van der Waals surface area contributed by atoms with Gasteiger partial charge in [-0.3, -0.25) is 0 Å².